The normalized spacial score (nSPS) is 10.9. The number of rotatable bonds is 7. The van der Waals surface area contributed by atoms with Crippen LogP contribution in [0.15, 0.2) is 59.7 Å². The van der Waals surface area contributed by atoms with E-state index >= 15 is 0 Å². The summed E-state index contributed by atoms with van der Waals surface area (Å²) in [6.07, 6.45) is 1.49. The van der Waals surface area contributed by atoms with Crippen molar-refractivity contribution in [1.29, 1.82) is 0 Å². The summed E-state index contributed by atoms with van der Waals surface area (Å²) in [7, 11) is 1.53. The molecule has 3 aromatic rings. The first-order valence-electron chi connectivity index (χ1n) is 8.90. The topological polar surface area (TPSA) is 59.9 Å². The molecular formula is C22H16Cl2FIN2O3. The number of hydrogen-bond donors (Lipinski definition) is 1. The van der Waals surface area contributed by atoms with Gasteiger partial charge in [0.15, 0.2) is 11.5 Å². The highest BCUT2D eigenvalue weighted by atomic mass is 127. The molecule has 0 aliphatic rings. The molecule has 0 aliphatic carbocycles. The fourth-order valence-electron chi connectivity index (χ4n) is 2.56. The lowest BCUT2D eigenvalue weighted by atomic mass is 10.2. The molecule has 0 bridgehead atoms. The van der Waals surface area contributed by atoms with E-state index in [2.05, 4.69) is 33.1 Å². The van der Waals surface area contributed by atoms with Gasteiger partial charge in [-0.05, 0) is 76.2 Å². The van der Waals surface area contributed by atoms with E-state index in [1.54, 1.807) is 30.3 Å². The first kappa shape index (κ1) is 23.3. The summed E-state index contributed by atoms with van der Waals surface area (Å²) < 4.78 is 25.1. The fraction of sp³-hybridized carbons (Fsp3) is 0.0909. The van der Waals surface area contributed by atoms with Crippen molar-refractivity contribution in [3.8, 4) is 11.5 Å². The first-order chi connectivity index (χ1) is 14.9. The fourth-order valence-corrected chi connectivity index (χ4v) is 3.64. The molecule has 0 atom stereocenters. The van der Waals surface area contributed by atoms with Crippen LogP contribution in [0.2, 0.25) is 10.0 Å². The van der Waals surface area contributed by atoms with Gasteiger partial charge in [-0.25, -0.2) is 9.82 Å². The van der Waals surface area contributed by atoms with E-state index in [0.29, 0.717) is 27.6 Å². The van der Waals surface area contributed by atoms with Gasteiger partial charge in [0.25, 0.3) is 5.91 Å². The van der Waals surface area contributed by atoms with E-state index in [9.17, 15) is 9.18 Å². The SMILES string of the molecule is COc1cc(/C=N\NC(=O)c2ccc(Cl)c(Cl)c2)cc(I)c1OCc1ccc(F)cc1. The summed E-state index contributed by atoms with van der Waals surface area (Å²) in [6, 6.07) is 14.2. The van der Waals surface area contributed by atoms with Crippen molar-refractivity contribution in [2.75, 3.05) is 7.11 Å². The predicted octanol–water partition coefficient (Wildman–Crippen LogP) is 6.09. The third-order valence-electron chi connectivity index (χ3n) is 4.11. The molecule has 0 aromatic heterocycles. The van der Waals surface area contributed by atoms with Crippen molar-refractivity contribution >= 4 is 57.9 Å². The zero-order chi connectivity index (χ0) is 22.4. The Balaban J connectivity index is 1.69. The van der Waals surface area contributed by atoms with Crippen LogP contribution >= 0.6 is 45.8 Å². The molecule has 0 aliphatic heterocycles. The second kappa shape index (κ2) is 10.8. The number of hydrazone groups is 1. The number of ether oxygens (including phenoxy) is 2. The summed E-state index contributed by atoms with van der Waals surface area (Å²) in [5, 5.41) is 4.63. The van der Waals surface area contributed by atoms with Crippen LogP contribution in [-0.4, -0.2) is 19.2 Å². The molecule has 0 radical (unpaired) electrons. The van der Waals surface area contributed by atoms with Crippen molar-refractivity contribution in [1.82, 2.24) is 5.43 Å². The highest BCUT2D eigenvalue weighted by Gasteiger charge is 2.12. The minimum Gasteiger partial charge on any atom is -0.493 e. The van der Waals surface area contributed by atoms with Gasteiger partial charge < -0.3 is 9.47 Å². The smallest absolute Gasteiger partial charge is 0.271 e. The summed E-state index contributed by atoms with van der Waals surface area (Å²) in [4.78, 5) is 12.2. The van der Waals surface area contributed by atoms with Crippen molar-refractivity contribution < 1.29 is 18.7 Å². The second-order valence-corrected chi connectivity index (χ2v) is 8.25. The zero-order valence-corrected chi connectivity index (χ0v) is 19.8. The van der Waals surface area contributed by atoms with E-state index in [1.807, 2.05) is 6.07 Å². The van der Waals surface area contributed by atoms with Gasteiger partial charge in [-0.3, -0.25) is 4.79 Å². The van der Waals surface area contributed by atoms with Gasteiger partial charge in [-0.15, -0.1) is 0 Å². The highest BCUT2D eigenvalue weighted by Crippen LogP contribution is 2.34. The molecule has 0 heterocycles. The van der Waals surface area contributed by atoms with Gasteiger partial charge in [-0.2, -0.15) is 5.10 Å². The Morgan fingerprint density at radius 2 is 1.87 bits per heavy atom. The number of carbonyl (C=O) groups excluding carboxylic acids is 1. The van der Waals surface area contributed by atoms with E-state index in [4.69, 9.17) is 32.7 Å². The predicted molar refractivity (Wildman–Crippen MR) is 128 cm³/mol. The quantitative estimate of drug-likeness (QED) is 0.212. The van der Waals surface area contributed by atoms with Gasteiger partial charge in [0.05, 0.1) is 26.9 Å². The largest absolute Gasteiger partial charge is 0.493 e. The van der Waals surface area contributed by atoms with Crippen molar-refractivity contribution in [3.63, 3.8) is 0 Å². The Kier molecular flexibility index (Phi) is 8.11. The summed E-state index contributed by atoms with van der Waals surface area (Å²) in [6.45, 7) is 0.264. The molecule has 0 saturated heterocycles. The molecule has 9 heteroatoms. The van der Waals surface area contributed by atoms with E-state index in [1.165, 1.54) is 31.5 Å². The van der Waals surface area contributed by atoms with Crippen LogP contribution < -0.4 is 14.9 Å². The minimum atomic E-state index is -0.421. The van der Waals surface area contributed by atoms with E-state index in [0.717, 1.165) is 9.13 Å². The zero-order valence-electron chi connectivity index (χ0n) is 16.2. The van der Waals surface area contributed by atoms with E-state index in [-0.39, 0.29) is 17.4 Å². The number of nitrogens with one attached hydrogen (secondary N) is 1. The number of hydrogen-bond acceptors (Lipinski definition) is 4. The molecule has 0 unspecified atom stereocenters. The Morgan fingerprint density at radius 1 is 1.13 bits per heavy atom. The van der Waals surface area contributed by atoms with Crippen LogP contribution in [0.4, 0.5) is 4.39 Å². The third kappa shape index (κ3) is 6.32. The number of methoxy groups -OCH3 is 1. The van der Waals surface area contributed by atoms with Crippen molar-refractivity contribution in [3.05, 3.63) is 90.7 Å². The third-order valence-corrected chi connectivity index (χ3v) is 5.65. The molecule has 0 fully saturated rings. The Bertz CT molecular complexity index is 1120. The van der Waals surface area contributed by atoms with Crippen LogP contribution in [0, 0.1) is 9.39 Å². The lowest BCUT2D eigenvalue weighted by Gasteiger charge is -2.13. The maximum atomic E-state index is 13.0. The van der Waals surface area contributed by atoms with Gasteiger partial charge in [0, 0.05) is 5.56 Å². The Labute approximate surface area is 202 Å². The second-order valence-electron chi connectivity index (χ2n) is 6.28. The highest BCUT2D eigenvalue weighted by molar-refractivity contribution is 14.1. The molecule has 0 spiro atoms. The average molecular weight is 573 g/mol. The standard InChI is InChI=1S/C22H16Cl2FIN2O3/c1-30-20-9-14(11-27-28-22(29)15-4-7-17(23)18(24)10-15)8-19(26)21(20)31-12-13-2-5-16(25)6-3-13/h2-11H,12H2,1H3,(H,28,29)/b27-11-. The van der Waals surface area contributed by atoms with Crippen LogP contribution in [0.3, 0.4) is 0 Å². The minimum absolute atomic E-state index is 0.264. The van der Waals surface area contributed by atoms with Crippen LogP contribution in [0.5, 0.6) is 11.5 Å². The molecule has 160 valence electrons. The molecule has 0 saturated carbocycles. The first-order valence-corrected chi connectivity index (χ1v) is 10.7. The number of benzene rings is 3. The molecule has 31 heavy (non-hydrogen) atoms. The van der Waals surface area contributed by atoms with E-state index < -0.39 is 5.91 Å². The lowest BCUT2D eigenvalue weighted by molar-refractivity contribution is 0.0955. The summed E-state index contributed by atoms with van der Waals surface area (Å²) in [5.74, 6) is 0.345. The number of halogens is 4. The Hall–Kier alpha value is -2.36. The molecule has 3 aromatic carbocycles. The maximum absolute atomic E-state index is 13.0. The number of carbonyl (C=O) groups is 1. The monoisotopic (exact) mass is 572 g/mol. The number of amides is 1. The average Bonchev–Trinajstić information content (AvgIpc) is 2.75. The maximum Gasteiger partial charge on any atom is 0.271 e. The molecular weight excluding hydrogens is 557 g/mol. The molecule has 1 amide bonds. The van der Waals surface area contributed by atoms with Crippen LogP contribution in [0.1, 0.15) is 21.5 Å². The molecule has 3 rings (SSSR count). The van der Waals surface area contributed by atoms with Gasteiger partial charge in [0.1, 0.15) is 12.4 Å². The van der Waals surface area contributed by atoms with Crippen molar-refractivity contribution in [2.24, 2.45) is 5.10 Å². The van der Waals surface area contributed by atoms with Gasteiger partial charge in [-0.1, -0.05) is 35.3 Å². The van der Waals surface area contributed by atoms with Gasteiger partial charge in [0.2, 0.25) is 0 Å². The summed E-state index contributed by atoms with van der Waals surface area (Å²) >= 11 is 13.9. The lowest BCUT2D eigenvalue weighted by Crippen LogP contribution is -2.17. The Morgan fingerprint density at radius 3 is 2.55 bits per heavy atom. The van der Waals surface area contributed by atoms with Crippen LogP contribution in [-0.2, 0) is 6.61 Å². The molecule has 1 N–H and O–H groups in total. The number of nitrogens with zero attached hydrogens (tertiary/aromatic N) is 1. The van der Waals surface area contributed by atoms with Crippen LogP contribution in [0.25, 0.3) is 0 Å². The van der Waals surface area contributed by atoms with Gasteiger partial charge >= 0.3 is 0 Å². The molecule has 5 nitrogen and oxygen atoms in total. The summed E-state index contributed by atoms with van der Waals surface area (Å²) in [5.41, 5.74) is 4.30. The van der Waals surface area contributed by atoms with Crippen molar-refractivity contribution in [2.45, 2.75) is 6.61 Å².